The molecule has 7 heteroatoms. The number of carbonyl (C=O) groups is 2. The number of ketones is 1. The quantitative estimate of drug-likeness (QED) is 0.460. The summed E-state index contributed by atoms with van der Waals surface area (Å²) in [5.41, 5.74) is 1.67. The highest BCUT2D eigenvalue weighted by Crippen LogP contribution is 2.42. The highest BCUT2D eigenvalue weighted by molar-refractivity contribution is 7.10. The molecule has 0 unspecified atom stereocenters. The first-order chi connectivity index (χ1) is 14.5. The van der Waals surface area contributed by atoms with Crippen LogP contribution in [0.2, 0.25) is 0 Å². The molecule has 0 saturated carbocycles. The van der Waals surface area contributed by atoms with E-state index in [4.69, 9.17) is 9.47 Å². The molecule has 3 aliphatic rings. The van der Waals surface area contributed by atoms with Gasteiger partial charge in [-0.15, -0.1) is 11.3 Å². The van der Waals surface area contributed by atoms with Gasteiger partial charge in [-0.25, -0.2) is 0 Å². The summed E-state index contributed by atoms with van der Waals surface area (Å²) in [6.07, 6.45) is 2.57. The lowest BCUT2D eigenvalue weighted by molar-refractivity contribution is -0.140. The molecule has 0 spiro atoms. The lowest BCUT2D eigenvalue weighted by Crippen LogP contribution is -2.36. The van der Waals surface area contributed by atoms with Crippen LogP contribution in [0.4, 0.5) is 0 Å². The van der Waals surface area contributed by atoms with Gasteiger partial charge in [-0.2, -0.15) is 0 Å². The van der Waals surface area contributed by atoms with Gasteiger partial charge in [0.25, 0.3) is 11.7 Å². The molecule has 0 aliphatic carbocycles. The number of nitrogens with zero attached hydrogens (tertiary/aromatic N) is 1. The molecule has 156 valence electrons. The van der Waals surface area contributed by atoms with Crippen LogP contribution in [0.15, 0.2) is 41.3 Å². The van der Waals surface area contributed by atoms with Gasteiger partial charge < -0.3 is 19.5 Å². The molecule has 30 heavy (non-hydrogen) atoms. The second-order valence-corrected chi connectivity index (χ2v) is 9.04. The number of fused-ring (bicyclic) bond motifs is 1. The van der Waals surface area contributed by atoms with Crippen LogP contribution in [0.5, 0.6) is 5.75 Å². The SMILES string of the molecule is C[C@@H]1Cc2cc(C(O)=C3C(=O)C(=O)N(C[C@H]4CCCO4)[C@@H]3c3cccs3)ccc2O1. The molecule has 2 aromatic rings. The van der Waals surface area contributed by atoms with Crippen molar-refractivity contribution in [3.63, 3.8) is 0 Å². The number of hydrogen-bond acceptors (Lipinski definition) is 6. The van der Waals surface area contributed by atoms with E-state index >= 15 is 0 Å². The van der Waals surface area contributed by atoms with Gasteiger partial charge in [0.05, 0.1) is 17.7 Å². The van der Waals surface area contributed by atoms with Crippen LogP contribution in [0.1, 0.15) is 41.8 Å². The van der Waals surface area contributed by atoms with E-state index in [-0.39, 0.29) is 23.5 Å². The zero-order valence-corrected chi connectivity index (χ0v) is 17.5. The largest absolute Gasteiger partial charge is 0.507 e. The number of thiophene rings is 1. The maximum atomic E-state index is 13.0. The van der Waals surface area contributed by atoms with Crippen molar-refractivity contribution in [3.05, 3.63) is 57.3 Å². The first-order valence-electron chi connectivity index (χ1n) is 10.3. The monoisotopic (exact) mass is 425 g/mol. The Morgan fingerprint density at radius 1 is 1.30 bits per heavy atom. The van der Waals surface area contributed by atoms with Crippen molar-refractivity contribution < 1.29 is 24.2 Å². The molecule has 2 fully saturated rings. The summed E-state index contributed by atoms with van der Waals surface area (Å²) in [6, 6.07) is 8.60. The molecule has 0 bridgehead atoms. The third kappa shape index (κ3) is 3.22. The minimum absolute atomic E-state index is 0.0793. The predicted octanol–water partition coefficient (Wildman–Crippen LogP) is 3.67. The fourth-order valence-corrected chi connectivity index (χ4v) is 5.39. The van der Waals surface area contributed by atoms with E-state index in [1.54, 1.807) is 11.0 Å². The third-order valence-electron chi connectivity index (χ3n) is 5.95. The number of hydrogen-bond donors (Lipinski definition) is 1. The predicted molar refractivity (Wildman–Crippen MR) is 113 cm³/mol. The first kappa shape index (κ1) is 19.3. The summed E-state index contributed by atoms with van der Waals surface area (Å²) >= 11 is 1.47. The molecule has 0 radical (unpaired) electrons. The summed E-state index contributed by atoms with van der Waals surface area (Å²) < 4.78 is 11.4. The van der Waals surface area contributed by atoms with E-state index in [1.807, 2.05) is 36.6 Å². The molecule has 1 aromatic heterocycles. The molecule has 4 heterocycles. The Kier molecular flexibility index (Phi) is 4.87. The number of rotatable bonds is 4. The van der Waals surface area contributed by atoms with Crippen LogP contribution in [-0.4, -0.2) is 47.1 Å². The molecule has 2 saturated heterocycles. The van der Waals surface area contributed by atoms with Gasteiger partial charge in [0.2, 0.25) is 0 Å². The van der Waals surface area contributed by atoms with E-state index in [9.17, 15) is 14.7 Å². The summed E-state index contributed by atoms with van der Waals surface area (Å²) in [7, 11) is 0. The molecule has 1 amide bonds. The van der Waals surface area contributed by atoms with Crippen LogP contribution < -0.4 is 4.74 Å². The van der Waals surface area contributed by atoms with Crippen molar-refractivity contribution in [1.29, 1.82) is 0 Å². The molecular formula is C23H23NO5S. The molecule has 1 N–H and O–H groups in total. The highest BCUT2D eigenvalue weighted by atomic mass is 32.1. The normalized spacial score (nSPS) is 27.5. The van der Waals surface area contributed by atoms with E-state index in [0.29, 0.717) is 18.7 Å². The lowest BCUT2D eigenvalue weighted by Gasteiger charge is -2.26. The number of carbonyl (C=O) groups excluding carboxylic acids is 2. The third-order valence-corrected chi connectivity index (χ3v) is 6.87. The Balaban J connectivity index is 1.57. The maximum Gasteiger partial charge on any atom is 0.295 e. The molecule has 6 nitrogen and oxygen atoms in total. The number of aliphatic hydroxyl groups is 1. The Morgan fingerprint density at radius 3 is 2.90 bits per heavy atom. The summed E-state index contributed by atoms with van der Waals surface area (Å²) in [5, 5.41) is 13.1. The zero-order chi connectivity index (χ0) is 20.8. The van der Waals surface area contributed by atoms with Gasteiger partial charge in [0.1, 0.15) is 17.6 Å². The van der Waals surface area contributed by atoms with Crippen molar-refractivity contribution >= 4 is 28.8 Å². The van der Waals surface area contributed by atoms with E-state index < -0.39 is 17.7 Å². The average molecular weight is 426 g/mol. The van der Waals surface area contributed by atoms with E-state index in [2.05, 4.69) is 0 Å². The topological polar surface area (TPSA) is 76.1 Å². The van der Waals surface area contributed by atoms with Crippen LogP contribution >= 0.6 is 11.3 Å². The van der Waals surface area contributed by atoms with Crippen LogP contribution in [0.25, 0.3) is 5.76 Å². The van der Waals surface area contributed by atoms with Crippen molar-refractivity contribution in [2.45, 2.75) is 44.4 Å². The van der Waals surface area contributed by atoms with Gasteiger partial charge in [-0.05, 0) is 55.0 Å². The molecular weight excluding hydrogens is 402 g/mol. The van der Waals surface area contributed by atoms with Crippen molar-refractivity contribution in [2.24, 2.45) is 0 Å². The van der Waals surface area contributed by atoms with Gasteiger partial charge >= 0.3 is 0 Å². The Labute approximate surface area is 178 Å². The molecule has 3 atom stereocenters. The van der Waals surface area contributed by atoms with E-state index in [0.717, 1.165) is 35.5 Å². The zero-order valence-electron chi connectivity index (χ0n) is 16.7. The second-order valence-electron chi connectivity index (χ2n) is 8.06. The minimum atomic E-state index is -0.644. The number of aliphatic hydroxyl groups excluding tert-OH is 1. The maximum absolute atomic E-state index is 13.0. The van der Waals surface area contributed by atoms with Gasteiger partial charge in [0.15, 0.2) is 0 Å². The standard InChI is InChI=1S/C23H23NO5S/c1-13-10-15-11-14(6-7-17(15)29-13)21(25)19-20(18-5-3-9-30-18)24(23(27)22(19)26)12-16-4-2-8-28-16/h3,5-7,9,11,13,16,20,25H,2,4,8,10,12H2,1H3/t13-,16-,20-/m1/s1. The summed E-state index contributed by atoms with van der Waals surface area (Å²) in [6.45, 7) is 3.01. The van der Waals surface area contributed by atoms with Crippen molar-refractivity contribution in [2.75, 3.05) is 13.2 Å². The van der Waals surface area contributed by atoms with Crippen LogP contribution in [0, 0.1) is 0 Å². The molecule has 5 rings (SSSR count). The number of Topliss-reactive ketones (excluding diaryl/α,β-unsaturated/α-hetero) is 1. The van der Waals surface area contributed by atoms with Crippen molar-refractivity contribution in [1.82, 2.24) is 4.90 Å². The number of benzene rings is 1. The fraction of sp³-hybridized carbons (Fsp3) is 0.391. The molecule has 1 aromatic carbocycles. The smallest absolute Gasteiger partial charge is 0.295 e. The minimum Gasteiger partial charge on any atom is -0.507 e. The Morgan fingerprint density at radius 2 is 2.17 bits per heavy atom. The Hall–Kier alpha value is -2.64. The average Bonchev–Trinajstić information content (AvgIpc) is 3.51. The Bertz CT molecular complexity index is 1020. The van der Waals surface area contributed by atoms with Crippen molar-refractivity contribution in [3.8, 4) is 5.75 Å². The van der Waals surface area contributed by atoms with Gasteiger partial charge in [0, 0.05) is 30.0 Å². The molecule has 3 aliphatic heterocycles. The summed E-state index contributed by atoms with van der Waals surface area (Å²) in [5.74, 6) is -0.561. The van der Waals surface area contributed by atoms with E-state index in [1.165, 1.54) is 11.3 Å². The number of likely N-dealkylation sites (tertiary alicyclic amines) is 1. The highest BCUT2D eigenvalue weighted by Gasteiger charge is 2.47. The fourth-order valence-electron chi connectivity index (χ4n) is 4.54. The first-order valence-corrected chi connectivity index (χ1v) is 11.1. The number of amides is 1. The van der Waals surface area contributed by atoms with Crippen LogP contribution in [-0.2, 0) is 20.7 Å². The van der Waals surface area contributed by atoms with Gasteiger partial charge in [-0.3, -0.25) is 9.59 Å². The second kappa shape index (κ2) is 7.56. The summed E-state index contributed by atoms with van der Waals surface area (Å²) in [4.78, 5) is 28.4. The van der Waals surface area contributed by atoms with Gasteiger partial charge in [-0.1, -0.05) is 6.07 Å². The number of ether oxygens (including phenoxy) is 2. The lowest BCUT2D eigenvalue weighted by atomic mass is 9.98. The van der Waals surface area contributed by atoms with Crippen LogP contribution in [0.3, 0.4) is 0 Å².